The maximum absolute atomic E-state index is 12.4. The van der Waals surface area contributed by atoms with E-state index in [1.54, 1.807) is 16.2 Å². The number of nitrogens with zero attached hydrogens (tertiary/aromatic N) is 2. The summed E-state index contributed by atoms with van der Waals surface area (Å²) < 4.78 is 0. The number of carbonyl (C=O) groups is 1. The molecule has 0 aliphatic carbocycles. The van der Waals surface area contributed by atoms with Crippen LogP contribution in [-0.2, 0) is 6.54 Å². The summed E-state index contributed by atoms with van der Waals surface area (Å²) in [5.41, 5.74) is 0.900. The van der Waals surface area contributed by atoms with Crippen LogP contribution in [0.15, 0.2) is 11.4 Å². The topological polar surface area (TPSA) is 43.8 Å². The lowest BCUT2D eigenvalue weighted by atomic mass is 10.0. The Bertz CT molecular complexity index is 544. The lowest BCUT2D eigenvalue weighted by molar-refractivity contribution is 0.138. The molecular formula is C16H22N2O2S. The molecule has 1 saturated heterocycles. The predicted octanol–water partition coefficient (Wildman–Crippen LogP) is 2.38. The Morgan fingerprint density at radius 3 is 3.14 bits per heavy atom. The second-order valence-corrected chi connectivity index (χ2v) is 6.59. The van der Waals surface area contributed by atoms with Crippen LogP contribution < -0.4 is 0 Å². The first-order chi connectivity index (χ1) is 10.1. The van der Waals surface area contributed by atoms with Gasteiger partial charge in [0, 0.05) is 36.0 Å². The van der Waals surface area contributed by atoms with E-state index in [9.17, 15) is 4.79 Å². The van der Waals surface area contributed by atoms with Crippen molar-refractivity contribution < 1.29 is 9.90 Å². The molecular weight excluding hydrogens is 284 g/mol. The Balaban J connectivity index is 1.92. The molecule has 2 rings (SSSR count). The minimum Gasteiger partial charge on any atom is -0.384 e. The van der Waals surface area contributed by atoms with Gasteiger partial charge in [0.2, 0.25) is 0 Å². The fraction of sp³-hybridized carbons (Fsp3) is 0.562. The van der Waals surface area contributed by atoms with Crippen LogP contribution in [0.5, 0.6) is 0 Å². The van der Waals surface area contributed by atoms with Crippen molar-refractivity contribution >= 4 is 17.4 Å². The van der Waals surface area contributed by atoms with Gasteiger partial charge < -0.3 is 14.9 Å². The summed E-state index contributed by atoms with van der Waals surface area (Å²) in [6.07, 6.45) is 2.31. The predicted molar refractivity (Wildman–Crippen MR) is 85.1 cm³/mol. The van der Waals surface area contributed by atoms with Crippen molar-refractivity contribution in [2.45, 2.75) is 26.3 Å². The fourth-order valence-electron chi connectivity index (χ4n) is 2.58. The molecule has 0 aromatic carbocycles. The number of carbonyl (C=O) groups excluding carboxylic acids is 1. The molecule has 1 N–H and O–H groups in total. The Labute approximate surface area is 130 Å². The van der Waals surface area contributed by atoms with Gasteiger partial charge in [-0.15, -0.1) is 11.3 Å². The maximum atomic E-state index is 12.4. The van der Waals surface area contributed by atoms with Crippen LogP contribution in [0, 0.1) is 17.8 Å². The van der Waals surface area contributed by atoms with Gasteiger partial charge in [-0.1, -0.05) is 18.8 Å². The first-order valence-electron chi connectivity index (χ1n) is 7.27. The molecule has 0 bridgehead atoms. The zero-order valence-corrected chi connectivity index (χ0v) is 13.4. The van der Waals surface area contributed by atoms with Gasteiger partial charge in [0.05, 0.1) is 6.54 Å². The number of thiophene rings is 1. The Morgan fingerprint density at radius 1 is 1.62 bits per heavy atom. The van der Waals surface area contributed by atoms with Crippen molar-refractivity contribution in [1.29, 1.82) is 0 Å². The van der Waals surface area contributed by atoms with Gasteiger partial charge in [0.25, 0.3) is 0 Å². The van der Waals surface area contributed by atoms with Gasteiger partial charge in [-0.3, -0.25) is 0 Å². The normalized spacial score (nSPS) is 18.0. The Kier molecular flexibility index (Phi) is 5.66. The second-order valence-electron chi connectivity index (χ2n) is 5.59. The van der Waals surface area contributed by atoms with Crippen LogP contribution in [0.3, 0.4) is 0 Å². The van der Waals surface area contributed by atoms with Crippen LogP contribution in [0.4, 0.5) is 4.79 Å². The molecule has 2 heterocycles. The van der Waals surface area contributed by atoms with Gasteiger partial charge in [0.1, 0.15) is 6.61 Å². The van der Waals surface area contributed by atoms with E-state index in [-0.39, 0.29) is 12.6 Å². The SMILES string of the molecule is CC1CCCN(C(=O)N(C)Cc2cc(C#CCO)cs2)C1. The number of urea groups is 1. The minimum atomic E-state index is -0.128. The van der Waals surface area contributed by atoms with Crippen LogP contribution in [0.2, 0.25) is 0 Å². The lowest BCUT2D eigenvalue weighted by Gasteiger charge is -2.33. The molecule has 1 aliphatic rings. The van der Waals surface area contributed by atoms with Crippen LogP contribution in [0.1, 0.15) is 30.2 Å². The average Bonchev–Trinajstić information content (AvgIpc) is 2.91. The number of aliphatic hydroxyl groups excluding tert-OH is 1. The largest absolute Gasteiger partial charge is 0.384 e. The summed E-state index contributed by atoms with van der Waals surface area (Å²) in [7, 11) is 1.85. The van der Waals surface area contributed by atoms with Gasteiger partial charge in [-0.2, -0.15) is 0 Å². The van der Waals surface area contributed by atoms with Crippen LogP contribution in [0.25, 0.3) is 0 Å². The van der Waals surface area contributed by atoms with Gasteiger partial charge in [-0.25, -0.2) is 4.79 Å². The first-order valence-corrected chi connectivity index (χ1v) is 8.15. The van der Waals surface area contributed by atoms with Gasteiger partial charge in [-0.05, 0) is 24.8 Å². The monoisotopic (exact) mass is 306 g/mol. The van der Waals surface area contributed by atoms with Crippen LogP contribution >= 0.6 is 11.3 Å². The zero-order valence-electron chi connectivity index (χ0n) is 12.6. The molecule has 0 saturated carbocycles. The van der Waals surface area contributed by atoms with E-state index in [1.165, 1.54) is 6.42 Å². The average molecular weight is 306 g/mol. The molecule has 21 heavy (non-hydrogen) atoms. The van der Waals surface area contributed by atoms with Crippen molar-refractivity contribution in [1.82, 2.24) is 9.80 Å². The van der Waals surface area contributed by atoms with E-state index in [0.29, 0.717) is 12.5 Å². The first kappa shape index (κ1) is 15.9. The summed E-state index contributed by atoms with van der Waals surface area (Å²) in [6.45, 7) is 4.41. The minimum absolute atomic E-state index is 0.109. The summed E-state index contributed by atoms with van der Waals surface area (Å²) in [4.78, 5) is 17.3. The molecule has 114 valence electrons. The highest BCUT2D eigenvalue weighted by Gasteiger charge is 2.23. The number of likely N-dealkylation sites (tertiary alicyclic amines) is 1. The van der Waals surface area contributed by atoms with Crippen molar-refractivity contribution in [3.63, 3.8) is 0 Å². The fourth-order valence-corrected chi connectivity index (χ4v) is 3.45. The molecule has 1 aliphatic heterocycles. The number of rotatable bonds is 2. The maximum Gasteiger partial charge on any atom is 0.320 e. The van der Waals surface area contributed by atoms with E-state index in [1.807, 2.05) is 23.4 Å². The quantitative estimate of drug-likeness (QED) is 0.853. The highest BCUT2D eigenvalue weighted by molar-refractivity contribution is 7.10. The lowest BCUT2D eigenvalue weighted by Crippen LogP contribution is -2.45. The molecule has 2 amide bonds. The molecule has 0 spiro atoms. The molecule has 1 aromatic heterocycles. The van der Waals surface area contributed by atoms with E-state index in [0.717, 1.165) is 30.0 Å². The molecule has 4 nitrogen and oxygen atoms in total. The Morgan fingerprint density at radius 2 is 2.43 bits per heavy atom. The summed E-state index contributed by atoms with van der Waals surface area (Å²) in [5.74, 6) is 6.11. The highest BCUT2D eigenvalue weighted by Crippen LogP contribution is 2.19. The summed E-state index contributed by atoms with van der Waals surface area (Å²) in [5, 5.41) is 10.6. The van der Waals surface area contributed by atoms with E-state index in [4.69, 9.17) is 5.11 Å². The molecule has 1 atom stereocenters. The van der Waals surface area contributed by atoms with Gasteiger partial charge in [0.15, 0.2) is 0 Å². The number of hydrogen-bond acceptors (Lipinski definition) is 3. The number of amides is 2. The third-order valence-corrected chi connectivity index (χ3v) is 4.53. The third-order valence-electron chi connectivity index (χ3n) is 3.61. The number of hydrogen-bond donors (Lipinski definition) is 1. The van der Waals surface area contributed by atoms with Crippen LogP contribution in [-0.4, -0.2) is 47.7 Å². The second kappa shape index (κ2) is 7.48. The molecule has 1 fully saturated rings. The third kappa shape index (κ3) is 4.48. The summed E-state index contributed by atoms with van der Waals surface area (Å²) >= 11 is 1.60. The van der Waals surface area contributed by atoms with Crippen molar-refractivity contribution in [2.24, 2.45) is 5.92 Å². The molecule has 1 aromatic rings. The molecule has 0 radical (unpaired) electrons. The molecule has 5 heteroatoms. The van der Waals surface area contributed by atoms with Gasteiger partial charge >= 0.3 is 6.03 Å². The summed E-state index contributed by atoms with van der Waals surface area (Å²) in [6, 6.07) is 2.09. The van der Waals surface area contributed by atoms with Crippen molar-refractivity contribution in [3.8, 4) is 11.8 Å². The highest BCUT2D eigenvalue weighted by atomic mass is 32.1. The van der Waals surface area contributed by atoms with Crippen molar-refractivity contribution in [2.75, 3.05) is 26.7 Å². The van der Waals surface area contributed by atoms with Crippen molar-refractivity contribution in [3.05, 3.63) is 21.9 Å². The molecule has 1 unspecified atom stereocenters. The number of aliphatic hydroxyl groups is 1. The Hall–Kier alpha value is -1.51. The van der Waals surface area contributed by atoms with E-state index in [2.05, 4.69) is 18.8 Å². The number of piperidine rings is 1. The van der Waals surface area contributed by atoms with E-state index < -0.39 is 0 Å². The standard InChI is InChI=1S/C16H22N2O2S/c1-13-5-3-7-18(10-13)16(20)17(2)11-15-9-14(12-21-15)6-4-8-19/h9,12-13,19H,3,5,7-8,10-11H2,1-2H3. The zero-order chi connectivity index (χ0) is 15.2. The smallest absolute Gasteiger partial charge is 0.320 e. The van der Waals surface area contributed by atoms with E-state index >= 15 is 0 Å².